The highest BCUT2D eigenvalue weighted by molar-refractivity contribution is 6.19. The molecule has 1 aliphatic heterocycles. The van der Waals surface area contributed by atoms with Crippen LogP contribution in [0, 0.1) is 0 Å². The van der Waals surface area contributed by atoms with Crippen molar-refractivity contribution in [3.05, 3.63) is 47.5 Å². The lowest BCUT2D eigenvalue weighted by Crippen LogP contribution is -2.39. The highest BCUT2D eigenvalue weighted by Gasteiger charge is 2.27. The van der Waals surface area contributed by atoms with E-state index >= 15 is 0 Å². The third-order valence-corrected chi connectivity index (χ3v) is 4.39. The quantitative estimate of drug-likeness (QED) is 0.833. The van der Waals surface area contributed by atoms with Crippen LogP contribution in [0.3, 0.4) is 0 Å². The lowest BCUT2D eigenvalue weighted by molar-refractivity contribution is -0.123. The molecule has 0 aromatic heterocycles. The Morgan fingerprint density at radius 1 is 1.10 bits per heavy atom. The van der Waals surface area contributed by atoms with Crippen molar-refractivity contribution in [3.63, 3.8) is 0 Å². The molecule has 0 atom stereocenters. The summed E-state index contributed by atoms with van der Waals surface area (Å²) in [4.78, 5) is 23.5. The van der Waals surface area contributed by atoms with E-state index in [-0.39, 0.29) is 23.4 Å². The molecule has 2 aliphatic rings. The van der Waals surface area contributed by atoms with Crippen LogP contribution in [0.25, 0.3) is 0 Å². The zero-order valence-corrected chi connectivity index (χ0v) is 12.0. The Bertz CT molecular complexity index is 557. The second-order valence-corrected chi connectivity index (χ2v) is 5.76. The van der Waals surface area contributed by atoms with Gasteiger partial charge in [0.05, 0.1) is 0 Å². The molecule has 0 saturated heterocycles. The Labute approximate surface area is 124 Å². The summed E-state index contributed by atoms with van der Waals surface area (Å²) in [7, 11) is 0. The number of hydrogen-bond donors (Lipinski definition) is 2. The largest absolute Gasteiger partial charge is 0.349 e. The van der Waals surface area contributed by atoms with Gasteiger partial charge in [0.2, 0.25) is 0 Å². The lowest BCUT2D eigenvalue weighted by Gasteiger charge is -2.29. The molecule has 1 aliphatic carbocycles. The minimum atomic E-state index is -0.259. The van der Waals surface area contributed by atoms with Gasteiger partial charge in [0.1, 0.15) is 5.57 Å². The number of hydrogen-bond acceptors (Lipinski definition) is 2. The van der Waals surface area contributed by atoms with Gasteiger partial charge in [-0.3, -0.25) is 9.59 Å². The van der Waals surface area contributed by atoms with Gasteiger partial charge in [-0.15, -0.1) is 0 Å². The Kier molecular flexibility index (Phi) is 4.04. The molecule has 110 valence electrons. The third kappa shape index (κ3) is 3.15. The fraction of sp³-hybridized carbons (Fsp3) is 0.412. The number of carbonyl (C=O) groups is 2. The van der Waals surface area contributed by atoms with Crippen molar-refractivity contribution >= 4 is 11.8 Å². The van der Waals surface area contributed by atoms with Crippen LogP contribution in [0.1, 0.15) is 37.2 Å². The molecule has 4 heteroatoms. The molecule has 0 unspecified atom stereocenters. The summed E-state index contributed by atoms with van der Waals surface area (Å²) >= 11 is 0. The van der Waals surface area contributed by atoms with E-state index in [0.717, 1.165) is 25.7 Å². The van der Waals surface area contributed by atoms with Crippen molar-refractivity contribution in [1.82, 2.24) is 10.6 Å². The van der Waals surface area contributed by atoms with Crippen molar-refractivity contribution in [2.45, 2.75) is 37.6 Å². The lowest BCUT2D eigenvalue weighted by atomic mass is 9.82. The highest BCUT2D eigenvalue weighted by Crippen LogP contribution is 2.32. The molecule has 0 bridgehead atoms. The summed E-state index contributed by atoms with van der Waals surface area (Å²) in [6, 6.07) is 10.7. The van der Waals surface area contributed by atoms with Crippen LogP contribution >= 0.6 is 0 Å². The van der Waals surface area contributed by atoms with Gasteiger partial charge >= 0.3 is 0 Å². The first-order valence-electron chi connectivity index (χ1n) is 7.58. The molecular formula is C17H20N2O2. The van der Waals surface area contributed by atoms with E-state index in [1.807, 2.05) is 6.07 Å². The number of rotatable bonds is 3. The van der Waals surface area contributed by atoms with Gasteiger partial charge in [0, 0.05) is 12.6 Å². The monoisotopic (exact) mass is 284 g/mol. The SMILES string of the molecule is O=C1NCC=C1C(=O)NC1CCC(c2ccccc2)CC1. The Balaban J connectivity index is 1.52. The Morgan fingerprint density at radius 3 is 2.43 bits per heavy atom. The molecule has 3 rings (SSSR count). The van der Waals surface area contributed by atoms with E-state index in [1.54, 1.807) is 6.08 Å². The van der Waals surface area contributed by atoms with Crippen LogP contribution < -0.4 is 10.6 Å². The summed E-state index contributed by atoms with van der Waals surface area (Å²) in [5.41, 5.74) is 1.65. The second-order valence-electron chi connectivity index (χ2n) is 5.76. The molecule has 4 nitrogen and oxygen atoms in total. The molecule has 0 spiro atoms. The van der Waals surface area contributed by atoms with Crippen LogP contribution in [0.2, 0.25) is 0 Å². The van der Waals surface area contributed by atoms with E-state index in [4.69, 9.17) is 0 Å². The summed E-state index contributed by atoms with van der Waals surface area (Å²) in [5, 5.41) is 5.62. The van der Waals surface area contributed by atoms with Gasteiger partial charge < -0.3 is 10.6 Å². The van der Waals surface area contributed by atoms with Gasteiger partial charge in [0.15, 0.2) is 0 Å². The third-order valence-electron chi connectivity index (χ3n) is 4.39. The van der Waals surface area contributed by atoms with Crippen molar-refractivity contribution in [3.8, 4) is 0 Å². The average Bonchev–Trinajstić information content (AvgIpc) is 2.95. The van der Waals surface area contributed by atoms with E-state index in [9.17, 15) is 9.59 Å². The molecule has 1 saturated carbocycles. The molecular weight excluding hydrogens is 264 g/mol. The van der Waals surface area contributed by atoms with Gasteiger partial charge in [-0.05, 0) is 43.2 Å². The first-order chi connectivity index (χ1) is 10.2. The van der Waals surface area contributed by atoms with Gasteiger partial charge in [-0.1, -0.05) is 30.3 Å². The number of carbonyl (C=O) groups excluding carboxylic acids is 2. The van der Waals surface area contributed by atoms with E-state index in [1.165, 1.54) is 5.56 Å². The van der Waals surface area contributed by atoms with Crippen molar-refractivity contribution < 1.29 is 9.59 Å². The molecule has 21 heavy (non-hydrogen) atoms. The van der Waals surface area contributed by atoms with Crippen LogP contribution in [-0.2, 0) is 9.59 Å². The van der Waals surface area contributed by atoms with Crippen molar-refractivity contribution in [1.29, 1.82) is 0 Å². The average molecular weight is 284 g/mol. The fourth-order valence-corrected chi connectivity index (χ4v) is 3.19. The van der Waals surface area contributed by atoms with Crippen LogP contribution in [-0.4, -0.2) is 24.4 Å². The van der Waals surface area contributed by atoms with E-state index in [2.05, 4.69) is 34.9 Å². The first kappa shape index (κ1) is 13.9. The van der Waals surface area contributed by atoms with E-state index < -0.39 is 0 Å². The summed E-state index contributed by atoms with van der Waals surface area (Å²) in [5.74, 6) is 0.104. The second kappa shape index (κ2) is 6.12. The molecule has 1 fully saturated rings. The zero-order chi connectivity index (χ0) is 14.7. The molecule has 2 amide bonds. The fourth-order valence-electron chi connectivity index (χ4n) is 3.19. The zero-order valence-electron chi connectivity index (χ0n) is 12.0. The highest BCUT2D eigenvalue weighted by atomic mass is 16.2. The van der Waals surface area contributed by atoms with Crippen LogP contribution in [0.4, 0.5) is 0 Å². The summed E-state index contributed by atoms with van der Waals surface area (Å²) < 4.78 is 0. The molecule has 0 radical (unpaired) electrons. The molecule has 1 heterocycles. The predicted molar refractivity (Wildman–Crippen MR) is 80.7 cm³/mol. The van der Waals surface area contributed by atoms with Crippen LogP contribution in [0.5, 0.6) is 0 Å². The molecule has 1 aromatic rings. The van der Waals surface area contributed by atoms with Crippen LogP contribution in [0.15, 0.2) is 42.0 Å². The Morgan fingerprint density at radius 2 is 1.81 bits per heavy atom. The van der Waals surface area contributed by atoms with Gasteiger partial charge in [-0.25, -0.2) is 0 Å². The first-order valence-corrected chi connectivity index (χ1v) is 7.58. The topological polar surface area (TPSA) is 58.2 Å². The smallest absolute Gasteiger partial charge is 0.256 e. The number of amides is 2. The predicted octanol–water partition coefficient (Wildman–Crippen LogP) is 1.89. The minimum absolute atomic E-state index is 0.187. The van der Waals surface area contributed by atoms with Crippen molar-refractivity contribution in [2.24, 2.45) is 0 Å². The summed E-state index contributed by atoms with van der Waals surface area (Å²) in [6.07, 6.45) is 5.77. The summed E-state index contributed by atoms with van der Waals surface area (Å²) in [6.45, 7) is 0.461. The number of benzene rings is 1. The maximum Gasteiger partial charge on any atom is 0.256 e. The minimum Gasteiger partial charge on any atom is -0.349 e. The molecule has 2 N–H and O–H groups in total. The Hall–Kier alpha value is -2.10. The van der Waals surface area contributed by atoms with E-state index in [0.29, 0.717) is 12.5 Å². The number of nitrogens with one attached hydrogen (secondary N) is 2. The molecule has 1 aromatic carbocycles. The maximum atomic E-state index is 12.0. The standard InChI is InChI=1S/C17H20N2O2/c20-16-15(10-11-18-16)17(21)19-14-8-6-13(7-9-14)12-4-2-1-3-5-12/h1-5,10,13-14H,6-9,11H2,(H,18,20)(H,19,21). The maximum absolute atomic E-state index is 12.0. The normalized spacial score (nSPS) is 25.1. The van der Waals surface area contributed by atoms with Gasteiger partial charge in [0.25, 0.3) is 11.8 Å². The van der Waals surface area contributed by atoms with Gasteiger partial charge in [-0.2, -0.15) is 0 Å². The van der Waals surface area contributed by atoms with Crippen molar-refractivity contribution in [2.75, 3.05) is 6.54 Å².